The molecule has 0 unspecified atom stereocenters. The molecule has 0 saturated heterocycles. The Kier molecular flexibility index (Phi) is 2.86. The van der Waals surface area contributed by atoms with Crippen molar-refractivity contribution in [3.8, 4) is 0 Å². The van der Waals surface area contributed by atoms with Crippen LogP contribution in [0, 0.1) is 12.8 Å². The Morgan fingerprint density at radius 2 is 2.15 bits per heavy atom. The number of hydrogen-bond donors (Lipinski definition) is 1. The first-order chi connectivity index (χ1) is 9.34. The first-order valence-electron chi connectivity index (χ1n) is 6.57. The SMILES string of the molecule is Cc1ccc(N2N=C3CCCC[C@H]3[C@@]2(O)C(F)(F)F)o1. The average molecular weight is 288 g/mol. The van der Waals surface area contributed by atoms with Crippen LogP contribution in [0.1, 0.15) is 31.4 Å². The van der Waals surface area contributed by atoms with E-state index in [1.165, 1.54) is 6.07 Å². The van der Waals surface area contributed by atoms with Gasteiger partial charge in [0.05, 0.1) is 5.92 Å². The van der Waals surface area contributed by atoms with Crippen molar-refractivity contribution in [1.82, 2.24) is 0 Å². The number of aryl methyl sites for hydroxylation is 1. The van der Waals surface area contributed by atoms with E-state index in [1.807, 2.05) is 0 Å². The van der Waals surface area contributed by atoms with Crippen LogP contribution in [-0.2, 0) is 0 Å². The van der Waals surface area contributed by atoms with Crippen LogP contribution in [0.15, 0.2) is 21.7 Å². The molecule has 2 heterocycles. The molecule has 110 valence electrons. The third-order valence-corrected chi connectivity index (χ3v) is 3.97. The van der Waals surface area contributed by atoms with Gasteiger partial charge in [0.1, 0.15) is 5.76 Å². The fourth-order valence-corrected chi connectivity index (χ4v) is 2.97. The van der Waals surface area contributed by atoms with Crippen LogP contribution in [0.2, 0.25) is 0 Å². The largest absolute Gasteiger partial charge is 0.444 e. The summed E-state index contributed by atoms with van der Waals surface area (Å²) in [5.74, 6) is -0.620. The van der Waals surface area contributed by atoms with Gasteiger partial charge in [-0.3, -0.25) is 0 Å². The van der Waals surface area contributed by atoms with Crippen LogP contribution in [0.4, 0.5) is 19.1 Å². The first-order valence-corrected chi connectivity index (χ1v) is 6.57. The Balaban J connectivity index is 2.08. The third-order valence-electron chi connectivity index (χ3n) is 3.97. The third kappa shape index (κ3) is 1.76. The summed E-state index contributed by atoms with van der Waals surface area (Å²) in [5, 5.41) is 15.0. The lowest BCUT2D eigenvalue weighted by atomic mass is 9.80. The standard InChI is InChI=1S/C13H15F3N2O2/c1-8-6-7-11(20-8)18-12(19,13(14,15)16)9-4-2-3-5-10(9)17-18/h6-7,9,19H,2-5H2,1H3/t9-,12-/m1/s1. The van der Waals surface area contributed by atoms with Gasteiger partial charge in [-0.2, -0.15) is 23.3 Å². The second-order valence-corrected chi connectivity index (χ2v) is 5.31. The summed E-state index contributed by atoms with van der Waals surface area (Å²) in [5.41, 5.74) is -2.60. The van der Waals surface area contributed by atoms with Crippen molar-refractivity contribution >= 4 is 11.6 Å². The Morgan fingerprint density at radius 1 is 1.40 bits per heavy atom. The Morgan fingerprint density at radius 3 is 2.75 bits per heavy atom. The second-order valence-electron chi connectivity index (χ2n) is 5.31. The number of anilines is 1. The summed E-state index contributed by atoms with van der Waals surface area (Å²) in [6.45, 7) is 1.63. The van der Waals surface area contributed by atoms with E-state index < -0.39 is 17.8 Å². The summed E-state index contributed by atoms with van der Waals surface area (Å²) < 4.78 is 45.6. The number of rotatable bonds is 1. The zero-order valence-electron chi connectivity index (χ0n) is 10.9. The van der Waals surface area contributed by atoms with Crippen molar-refractivity contribution in [2.45, 2.75) is 44.5 Å². The van der Waals surface area contributed by atoms with Crippen LogP contribution in [0.5, 0.6) is 0 Å². The predicted molar refractivity (Wildman–Crippen MR) is 66.3 cm³/mol. The zero-order chi connectivity index (χ0) is 14.5. The summed E-state index contributed by atoms with van der Waals surface area (Å²) in [4.78, 5) is 0. The number of furan rings is 1. The smallest absolute Gasteiger partial charge is 0.439 e. The Labute approximate surface area is 113 Å². The van der Waals surface area contributed by atoms with Gasteiger partial charge in [0.15, 0.2) is 0 Å². The maximum absolute atomic E-state index is 13.5. The van der Waals surface area contributed by atoms with E-state index in [4.69, 9.17) is 4.42 Å². The van der Waals surface area contributed by atoms with E-state index in [2.05, 4.69) is 5.10 Å². The molecular formula is C13H15F3N2O2. The minimum Gasteiger partial charge on any atom is -0.444 e. The number of fused-ring (bicyclic) bond motifs is 1. The molecule has 20 heavy (non-hydrogen) atoms. The van der Waals surface area contributed by atoms with Gasteiger partial charge in [0.25, 0.3) is 5.72 Å². The molecule has 4 nitrogen and oxygen atoms in total. The van der Waals surface area contributed by atoms with Gasteiger partial charge in [0, 0.05) is 11.8 Å². The van der Waals surface area contributed by atoms with Gasteiger partial charge in [-0.05, 0) is 32.3 Å². The van der Waals surface area contributed by atoms with Crippen molar-refractivity contribution in [2.24, 2.45) is 11.0 Å². The molecule has 1 aromatic heterocycles. The molecular weight excluding hydrogens is 273 g/mol. The highest BCUT2D eigenvalue weighted by Crippen LogP contribution is 2.49. The summed E-state index contributed by atoms with van der Waals surface area (Å²) in [6.07, 6.45) is -2.58. The predicted octanol–water partition coefficient (Wildman–Crippen LogP) is 3.21. The van der Waals surface area contributed by atoms with Crippen LogP contribution in [-0.4, -0.2) is 22.7 Å². The number of alkyl halides is 3. The van der Waals surface area contributed by atoms with E-state index in [0.717, 1.165) is 6.42 Å². The molecule has 1 aromatic rings. The molecule has 1 aliphatic heterocycles. The van der Waals surface area contributed by atoms with Crippen molar-refractivity contribution in [3.63, 3.8) is 0 Å². The van der Waals surface area contributed by atoms with Crippen LogP contribution in [0.25, 0.3) is 0 Å². The summed E-state index contributed by atoms with van der Waals surface area (Å²) >= 11 is 0. The quantitative estimate of drug-likeness (QED) is 0.863. The van der Waals surface area contributed by atoms with E-state index >= 15 is 0 Å². The summed E-state index contributed by atoms with van der Waals surface area (Å²) in [7, 11) is 0. The Bertz CT molecular complexity index is 552. The van der Waals surface area contributed by atoms with Crippen molar-refractivity contribution in [1.29, 1.82) is 0 Å². The van der Waals surface area contributed by atoms with Crippen LogP contribution in [0.3, 0.4) is 0 Å². The fraction of sp³-hybridized carbons (Fsp3) is 0.615. The van der Waals surface area contributed by atoms with Crippen molar-refractivity contribution < 1.29 is 22.7 Å². The van der Waals surface area contributed by atoms with E-state index in [-0.39, 0.29) is 12.3 Å². The molecule has 0 amide bonds. The van der Waals surface area contributed by atoms with Gasteiger partial charge in [-0.15, -0.1) is 0 Å². The Hall–Kier alpha value is -1.50. The van der Waals surface area contributed by atoms with E-state index in [9.17, 15) is 18.3 Å². The van der Waals surface area contributed by atoms with Gasteiger partial charge in [-0.1, -0.05) is 6.42 Å². The minimum atomic E-state index is -4.80. The highest BCUT2D eigenvalue weighted by atomic mass is 19.4. The number of hydrazone groups is 1. The lowest BCUT2D eigenvalue weighted by Gasteiger charge is -2.38. The number of aliphatic hydroxyl groups is 1. The molecule has 3 rings (SSSR count). The highest BCUT2D eigenvalue weighted by molar-refractivity contribution is 5.92. The molecule has 0 radical (unpaired) electrons. The van der Waals surface area contributed by atoms with Gasteiger partial charge in [0.2, 0.25) is 5.88 Å². The lowest BCUT2D eigenvalue weighted by Crippen LogP contribution is -2.60. The van der Waals surface area contributed by atoms with E-state index in [0.29, 0.717) is 29.3 Å². The lowest BCUT2D eigenvalue weighted by molar-refractivity contribution is -0.269. The molecule has 0 bridgehead atoms. The minimum absolute atomic E-state index is 0.0794. The van der Waals surface area contributed by atoms with Gasteiger partial charge >= 0.3 is 6.18 Å². The molecule has 1 saturated carbocycles. The molecule has 1 aliphatic carbocycles. The molecule has 7 heteroatoms. The molecule has 1 N–H and O–H groups in total. The highest BCUT2D eigenvalue weighted by Gasteiger charge is 2.67. The molecule has 2 atom stereocenters. The normalized spacial score (nSPS) is 30.4. The maximum atomic E-state index is 13.5. The van der Waals surface area contributed by atoms with Crippen molar-refractivity contribution in [2.75, 3.05) is 5.01 Å². The maximum Gasteiger partial charge on any atom is 0.439 e. The first kappa shape index (κ1) is 13.5. The zero-order valence-corrected chi connectivity index (χ0v) is 10.9. The second kappa shape index (κ2) is 4.25. The molecule has 0 aromatic carbocycles. The number of hydrogen-bond acceptors (Lipinski definition) is 4. The number of nitrogens with zero attached hydrogens (tertiary/aromatic N) is 2. The van der Waals surface area contributed by atoms with Crippen molar-refractivity contribution in [3.05, 3.63) is 17.9 Å². The average Bonchev–Trinajstić information content (AvgIpc) is 2.92. The number of halogens is 3. The summed E-state index contributed by atoms with van der Waals surface area (Å²) in [6, 6.07) is 2.95. The molecule has 1 fully saturated rings. The van der Waals surface area contributed by atoms with Crippen LogP contribution < -0.4 is 5.01 Å². The fourth-order valence-electron chi connectivity index (χ4n) is 2.97. The topological polar surface area (TPSA) is 49.0 Å². The molecule has 0 spiro atoms. The van der Waals surface area contributed by atoms with E-state index in [1.54, 1.807) is 13.0 Å². The monoisotopic (exact) mass is 288 g/mol. The molecule has 2 aliphatic rings. The van der Waals surface area contributed by atoms with Gasteiger partial charge in [-0.25, -0.2) is 0 Å². The van der Waals surface area contributed by atoms with Gasteiger partial charge < -0.3 is 9.52 Å². The van der Waals surface area contributed by atoms with Crippen LogP contribution >= 0.6 is 0 Å².